The smallest absolute Gasteiger partial charge is 0.217 e. The molecule has 4 rings (SSSR count). The first-order valence-corrected chi connectivity index (χ1v) is 11.3. The van der Waals surface area contributed by atoms with Gasteiger partial charge in [0, 0.05) is 5.56 Å². The van der Waals surface area contributed by atoms with E-state index in [0.29, 0.717) is 12.5 Å². The Hall–Kier alpha value is -2.44. The van der Waals surface area contributed by atoms with Crippen molar-refractivity contribution in [2.24, 2.45) is 10.9 Å². The van der Waals surface area contributed by atoms with E-state index >= 15 is 0 Å². The summed E-state index contributed by atoms with van der Waals surface area (Å²) in [6.07, 6.45) is 1.12. The molecule has 0 saturated heterocycles. The van der Waals surface area contributed by atoms with Crippen LogP contribution in [0.15, 0.2) is 89.9 Å². The molecular weight excluding hydrogens is 361 g/mol. The van der Waals surface area contributed by atoms with Gasteiger partial charge >= 0.3 is 0 Å². The lowest BCUT2D eigenvalue weighted by Crippen LogP contribution is -2.25. The van der Waals surface area contributed by atoms with Crippen LogP contribution in [0.1, 0.15) is 25.8 Å². The van der Waals surface area contributed by atoms with E-state index in [4.69, 9.17) is 9.73 Å². The highest BCUT2D eigenvalue weighted by atomic mass is 31.1. The van der Waals surface area contributed by atoms with Crippen LogP contribution in [0, 0.1) is 5.92 Å². The maximum atomic E-state index is 6.10. The zero-order chi connectivity index (χ0) is 19.3. The average Bonchev–Trinajstić information content (AvgIpc) is 3.25. The first kappa shape index (κ1) is 18.9. The molecular formula is C25H26NOP. The Balaban J connectivity index is 1.81. The number of benzene rings is 3. The quantitative estimate of drug-likeness (QED) is 0.565. The van der Waals surface area contributed by atoms with Gasteiger partial charge in [0.05, 0.1) is 6.04 Å². The van der Waals surface area contributed by atoms with E-state index in [1.54, 1.807) is 0 Å². The van der Waals surface area contributed by atoms with Gasteiger partial charge in [-0.15, -0.1) is 0 Å². The second-order valence-corrected chi connectivity index (χ2v) is 9.41. The Morgan fingerprint density at radius 1 is 0.893 bits per heavy atom. The molecule has 28 heavy (non-hydrogen) atoms. The molecule has 0 unspecified atom stereocenters. The van der Waals surface area contributed by atoms with Crippen LogP contribution in [0.3, 0.4) is 0 Å². The summed E-state index contributed by atoms with van der Waals surface area (Å²) in [5.74, 6) is 1.34. The molecule has 3 aromatic rings. The van der Waals surface area contributed by atoms with Crippen molar-refractivity contribution in [2.75, 3.05) is 6.61 Å². The first-order chi connectivity index (χ1) is 13.8. The lowest BCUT2D eigenvalue weighted by Gasteiger charge is -2.22. The third kappa shape index (κ3) is 3.88. The van der Waals surface area contributed by atoms with Crippen LogP contribution in [0.2, 0.25) is 0 Å². The van der Waals surface area contributed by atoms with E-state index in [2.05, 4.69) is 98.8 Å². The normalized spacial score (nSPS) is 17.2. The van der Waals surface area contributed by atoms with Gasteiger partial charge in [-0.1, -0.05) is 99.1 Å². The highest BCUT2D eigenvalue weighted by molar-refractivity contribution is 7.80. The van der Waals surface area contributed by atoms with Crippen LogP contribution >= 0.6 is 7.92 Å². The van der Waals surface area contributed by atoms with Gasteiger partial charge in [-0.3, -0.25) is 0 Å². The number of aliphatic imine (C=N–C) groups is 1. The van der Waals surface area contributed by atoms with E-state index < -0.39 is 7.92 Å². The minimum absolute atomic E-state index is 0.257. The van der Waals surface area contributed by atoms with Crippen molar-refractivity contribution in [3.63, 3.8) is 0 Å². The highest BCUT2D eigenvalue weighted by Crippen LogP contribution is 2.35. The maximum Gasteiger partial charge on any atom is 0.217 e. The predicted octanol–water partition coefficient (Wildman–Crippen LogP) is 4.64. The Labute approximate surface area is 169 Å². The van der Waals surface area contributed by atoms with Crippen LogP contribution in [-0.2, 0) is 4.74 Å². The van der Waals surface area contributed by atoms with Crippen molar-refractivity contribution < 1.29 is 4.74 Å². The molecule has 2 atom stereocenters. The van der Waals surface area contributed by atoms with E-state index in [9.17, 15) is 0 Å². The minimum Gasteiger partial charge on any atom is -0.475 e. The Bertz CT molecular complexity index is 900. The molecule has 142 valence electrons. The fraction of sp³-hybridized carbons (Fsp3) is 0.240. The van der Waals surface area contributed by atoms with Crippen molar-refractivity contribution >= 4 is 29.7 Å². The molecule has 0 radical (unpaired) electrons. The lowest BCUT2D eigenvalue weighted by atomic mass is 10.0. The average molecular weight is 387 g/mol. The van der Waals surface area contributed by atoms with Crippen LogP contribution in [0.25, 0.3) is 0 Å². The summed E-state index contributed by atoms with van der Waals surface area (Å²) >= 11 is 0. The third-order valence-corrected chi connectivity index (χ3v) is 7.88. The van der Waals surface area contributed by atoms with Crippen LogP contribution in [-0.4, -0.2) is 18.5 Å². The summed E-state index contributed by atoms with van der Waals surface area (Å²) in [5.41, 5.74) is 1.13. The van der Waals surface area contributed by atoms with Gasteiger partial charge in [0.1, 0.15) is 6.61 Å². The second-order valence-electron chi connectivity index (χ2n) is 7.22. The summed E-state index contributed by atoms with van der Waals surface area (Å²) in [4.78, 5) is 4.96. The largest absolute Gasteiger partial charge is 0.475 e. The summed E-state index contributed by atoms with van der Waals surface area (Å²) < 4.78 is 6.10. The van der Waals surface area contributed by atoms with E-state index in [0.717, 1.165) is 17.9 Å². The van der Waals surface area contributed by atoms with Crippen LogP contribution in [0.5, 0.6) is 0 Å². The van der Waals surface area contributed by atoms with Gasteiger partial charge in [-0.25, -0.2) is 4.99 Å². The van der Waals surface area contributed by atoms with Crippen molar-refractivity contribution in [2.45, 2.75) is 26.3 Å². The Kier molecular flexibility index (Phi) is 5.88. The van der Waals surface area contributed by atoms with Crippen molar-refractivity contribution in [3.8, 4) is 0 Å². The van der Waals surface area contributed by atoms with Gasteiger partial charge in [0.15, 0.2) is 0 Å². The van der Waals surface area contributed by atoms with Crippen molar-refractivity contribution in [1.29, 1.82) is 0 Å². The molecule has 0 N–H and O–H groups in total. The fourth-order valence-corrected chi connectivity index (χ4v) is 5.97. The molecule has 0 spiro atoms. The summed E-state index contributed by atoms with van der Waals surface area (Å²) in [6.45, 7) is 5.16. The molecule has 2 nitrogen and oxygen atoms in total. The molecule has 3 aromatic carbocycles. The SMILES string of the molecule is CC[C@@H](C)[C@@H]1COC(c2ccccc2P(c2ccccc2)c2ccccc2)=N1. The van der Waals surface area contributed by atoms with Crippen LogP contribution in [0.4, 0.5) is 0 Å². The summed E-state index contributed by atoms with van der Waals surface area (Å²) in [6, 6.07) is 30.4. The number of hydrogen-bond donors (Lipinski definition) is 0. The molecule has 0 amide bonds. The van der Waals surface area contributed by atoms with Crippen molar-refractivity contribution in [3.05, 3.63) is 90.5 Å². The number of rotatable bonds is 6. The van der Waals surface area contributed by atoms with E-state index in [1.807, 2.05) is 0 Å². The van der Waals surface area contributed by atoms with Gasteiger partial charge < -0.3 is 4.74 Å². The number of ether oxygens (including phenoxy) is 1. The fourth-order valence-electron chi connectivity index (χ4n) is 3.53. The van der Waals surface area contributed by atoms with Gasteiger partial charge in [0.2, 0.25) is 5.90 Å². The zero-order valence-electron chi connectivity index (χ0n) is 16.5. The molecule has 1 heterocycles. The summed E-state index contributed by atoms with van der Waals surface area (Å²) in [7, 11) is -0.677. The third-order valence-electron chi connectivity index (χ3n) is 5.38. The molecule has 1 aliphatic rings. The Morgan fingerprint density at radius 2 is 1.46 bits per heavy atom. The number of nitrogens with zero attached hydrogens (tertiary/aromatic N) is 1. The summed E-state index contributed by atoms with van der Waals surface area (Å²) in [5, 5.41) is 3.99. The predicted molar refractivity (Wildman–Crippen MR) is 121 cm³/mol. The first-order valence-electron chi connectivity index (χ1n) is 9.98. The lowest BCUT2D eigenvalue weighted by molar-refractivity contribution is 0.282. The number of hydrogen-bond acceptors (Lipinski definition) is 2. The molecule has 0 saturated carbocycles. The van der Waals surface area contributed by atoms with Gasteiger partial charge in [-0.2, -0.15) is 0 Å². The molecule has 3 heteroatoms. The van der Waals surface area contributed by atoms with Crippen LogP contribution < -0.4 is 15.9 Å². The minimum atomic E-state index is -0.677. The Morgan fingerprint density at radius 3 is 2.07 bits per heavy atom. The molecule has 0 fully saturated rings. The molecule has 0 aromatic heterocycles. The van der Waals surface area contributed by atoms with Gasteiger partial charge in [-0.05, 0) is 35.8 Å². The highest BCUT2D eigenvalue weighted by Gasteiger charge is 2.28. The van der Waals surface area contributed by atoms with Crippen molar-refractivity contribution in [1.82, 2.24) is 0 Å². The van der Waals surface area contributed by atoms with E-state index in [1.165, 1.54) is 15.9 Å². The standard InChI is InChI=1S/C25H26NOP/c1-3-19(2)23-18-27-25(26-23)22-16-10-11-17-24(22)28(20-12-6-4-7-13-20)21-14-8-5-9-15-21/h4-17,19,23H,3,18H2,1-2H3/t19-,23+/m1/s1. The molecule has 1 aliphatic heterocycles. The molecule has 0 bridgehead atoms. The topological polar surface area (TPSA) is 21.6 Å². The van der Waals surface area contributed by atoms with E-state index in [-0.39, 0.29) is 6.04 Å². The molecule has 0 aliphatic carbocycles. The monoisotopic (exact) mass is 387 g/mol. The second kappa shape index (κ2) is 8.71. The maximum absolute atomic E-state index is 6.10. The van der Waals surface area contributed by atoms with Gasteiger partial charge in [0.25, 0.3) is 0 Å². The zero-order valence-corrected chi connectivity index (χ0v) is 17.3.